The highest BCUT2D eigenvalue weighted by atomic mass is 19.4. The van der Waals surface area contributed by atoms with Crippen LogP contribution in [0.2, 0.25) is 0 Å². The summed E-state index contributed by atoms with van der Waals surface area (Å²) >= 11 is 0. The van der Waals surface area contributed by atoms with Gasteiger partial charge in [0.15, 0.2) is 5.75 Å². The second-order valence-corrected chi connectivity index (χ2v) is 2.69. The Morgan fingerprint density at radius 2 is 2.06 bits per heavy atom. The van der Waals surface area contributed by atoms with Gasteiger partial charge >= 0.3 is 6.36 Å². The van der Waals surface area contributed by atoms with E-state index in [9.17, 15) is 22.4 Å². The Balaban J connectivity index is 3.16. The van der Waals surface area contributed by atoms with Gasteiger partial charge in [-0.15, -0.1) is 13.2 Å². The van der Waals surface area contributed by atoms with Crippen LogP contribution in [-0.4, -0.2) is 18.5 Å². The zero-order valence-electron chi connectivity index (χ0n) is 8.02. The largest absolute Gasteiger partial charge is 0.574 e. The van der Waals surface area contributed by atoms with Gasteiger partial charge in [-0.1, -0.05) is 0 Å². The molecule has 0 radical (unpaired) electrons. The minimum Gasteiger partial charge on any atom is -0.491 e. The quantitative estimate of drug-likeness (QED) is 0.820. The predicted octanol–water partition coefficient (Wildman–Crippen LogP) is 1.75. The molecule has 1 rings (SSSR count). The molecule has 1 N–H and O–H groups in total. The minimum atomic E-state index is -4.95. The Morgan fingerprint density at radius 1 is 1.44 bits per heavy atom. The van der Waals surface area contributed by atoms with Gasteiger partial charge < -0.3 is 14.5 Å². The predicted molar refractivity (Wildman–Crippen MR) is 45.1 cm³/mol. The molecule has 0 atom stereocenters. The average molecular weight is 241 g/mol. The van der Waals surface area contributed by atoms with Gasteiger partial charge in [0.25, 0.3) is 0 Å². The van der Waals surface area contributed by atoms with Crippen LogP contribution in [0.15, 0.2) is 10.9 Å². The number of nitrogens with one attached hydrogen (secondary N) is 1. The second-order valence-electron chi connectivity index (χ2n) is 2.69. The number of halogens is 4. The van der Waals surface area contributed by atoms with Gasteiger partial charge in [0.05, 0.1) is 18.9 Å². The molecule has 90 valence electrons. The third-order valence-electron chi connectivity index (χ3n) is 1.60. The van der Waals surface area contributed by atoms with Crippen molar-refractivity contribution in [3.8, 4) is 11.6 Å². The van der Waals surface area contributed by atoms with Crippen LogP contribution in [0.1, 0.15) is 5.69 Å². The van der Waals surface area contributed by atoms with Crippen LogP contribution < -0.4 is 14.9 Å². The second kappa shape index (κ2) is 4.42. The van der Waals surface area contributed by atoms with E-state index in [0.29, 0.717) is 6.07 Å². The molecule has 0 aliphatic rings. The number of hydrogen-bond donors (Lipinski definition) is 1. The first kappa shape index (κ1) is 12.3. The van der Waals surface area contributed by atoms with E-state index in [4.69, 9.17) is 0 Å². The summed E-state index contributed by atoms with van der Waals surface area (Å²) in [6.07, 6.45) is -4.95. The van der Waals surface area contributed by atoms with Gasteiger partial charge in [-0.2, -0.15) is 0 Å². The van der Waals surface area contributed by atoms with Crippen molar-refractivity contribution >= 4 is 0 Å². The maximum Gasteiger partial charge on any atom is 0.574 e. The lowest BCUT2D eigenvalue weighted by atomic mass is 10.3. The van der Waals surface area contributed by atoms with Crippen LogP contribution in [0.3, 0.4) is 0 Å². The number of rotatable bonds is 3. The van der Waals surface area contributed by atoms with Gasteiger partial charge in [-0.25, -0.2) is 4.39 Å². The summed E-state index contributed by atoms with van der Waals surface area (Å²) in [7, 11) is 1.11. The summed E-state index contributed by atoms with van der Waals surface area (Å²) in [5, 5.41) is 0. The number of aromatic amines is 1. The summed E-state index contributed by atoms with van der Waals surface area (Å²) in [5.41, 5.74) is -1.30. The molecule has 0 spiro atoms. The zero-order valence-corrected chi connectivity index (χ0v) is 8.02. The van der Waals surface area contributed by atoms with E-state index in [2.05, 4.69) is 9.47 Å². The summed E-state index contributed by atoms with van der Waals surface area (Å²) < 4.78 is 55.8. The van der Waals surface area contributed by atoms with Gasteiger partial charge in [-0.3, -0.25) is 4.79 Å². The number of hydrogen-bond acceptors (Lipinski definition) is 3. The van der Waals surface area contributed by atoms with Gasteiger partial charge in [0.2, 0.25) is 11.3 Å². The number of H-pyrrole nitrogens is 1. The van der Waals surface area contributed by atoms with Crippen molar-refractivity contribution in [2.24, 2.45) is 0 Å². The smallest absolute Gasteiger partial charge is 0.491 e. The van der Waals surface area contributed by atoms with E-state index in [1.165, 1.54) is 0 Å². The molecule has 1 aromatic heterocycles. The molecule has 0 aromatic carbocycles. The molecule has 8 heteroatoms. The van der Waals surface area contributed by atoms with E-state index < -0.39 is 30.0 Å². The first-order valence-electron chi connectivity index (χ1n) is 3.99. The summed E-state index contributed by atoms with van der Waals surface area (Å²) in [6, 6.07) is 0.533. The van der Waals surface area contributed by atoms with Crippen LogP contribution in [-0.2, 0) is 6.67 Å². The fraction of sp³-hybridized carbons (Fsp3) is 0.375. The third-order valence-corrected chi connectivity index (χ3v) is 1.60. The SMILES string of the molecule is COc1c(CF)[nH]c(OC(F)(F)F)cc1=O. The maximum absolute atomic E-state index is 12.4. The van der Waals surface area contributed by atoms with Gasteiger partial charge in [-0.05, 0) is 0 Å². The van der Waals surface area contributed by atoms with E-state index in [1.54, 1.807) is 0 Å². The molecule has 1 aromatic rings. The lowest BCUT2D eigenvalue weighted by molar-refractivity contribution is -0.276. The number of aromatic nitrogens is 1. The fourth-order valence-electron chi connectivity index (χ4n) is 1.07. The van der Waals surface area contributed by atoms with Crippen LogP contribution >= 0.6 is 0 Å². The molecule has 0 aliphatic heterocycles. The number of ether oxygens (including phenoxy) is 2. The number of pyridine rings is 1. The monoisotopic (exact) mass is 241 g/mol. The molecule has 0 aliphatic carbocycles. The van der Waals surface area contributed by atoms with Crippen molar-refractivity contribution in [3.05, 3.63) is 22.0 Å². The minimum absolute atomic E-state index is 0.378. The topological polar surface area (TPSA) is 51.3 Å². The maximum atomic E-state index is 12.4. The molecule has 0 saturated carbocycles. The van der Waals surface area contributed by atoms with Crippen molar-refractivity contribution in [2.75, 3.05) is 7.11 Å². The number of methoxy groups -OCH3 is 1. The van der Waals surface area contributed by atoms with E-state index >= 15 is 0 Å². The summed E-state index contributed by atoms with van der Waals surface area (Å²) in [5.74, 6) is -1.26. The lowest BCUT2D eigenvalue weighted by Gasteiger charge is -2.11. The van der Waals surface area contributed by atoms with Crippen molar-refractivity contribution in [3.63, 3.8) is 0 Å². The first-order chi connectivity index (χ1) is 7.37. The zero-order chi connectivity index (χ0) is 12.3. The van der Waals surface area contributed by atoms with Crippen molar-refractivity contribution < 1.29 is 27.0 Å². The molecule has 0 saturated heterocycles. The van der Waals surface area contributed by atoms with Crippen LogP contribution in [0, 0.1) is 0 Å². The van der Waals surface area contributed by atoms with Crippen molar-refractivity contribution in [2.45, 2.75) is 13.0 Å². The highest BCUT2D eigenvalue weighted by molar-refractivity contribution is 5.31. The Kier molecular flexibility index (Phi) is 3.41. The first-order valence-corrected chi connectivity index (χ1v) is 3.99. The van der Waals surface area contributed by atoms with E-state index in [-0.39, 0.29) is 5.75 Å². The van der Waals surface area contributed by atoms with Crippen LogP contribution in [0.4, 0.5) is 17.6 Å². The van der Waals surface area contributed by atoms with Crippen molar-refractivity contribution in [1.29, 1.82) is 0 Å². The van der Waals surface area contributed by atoms with Gasteiger partial charge in [0.1, 0.15) is 6.67 Å². The van der Waals surface area contributed by atoms with Crippen LogP contribution in [0.5, 0.6) is 11.6 Å². The molecular formula is C8H7F4NO3. The molecule has 0 unspecified atom stereocenters. The third kappa shape index (κ3) is 2.88. The molecule has 0 fully saturated rings. The molecule has 4 nitrogen and oxygen atoms in total. The van der Waals surface area contributed by atoms with Gasteiger partial charge in [0, 0.05) is 0 Å². The standard InChI is InChI=1S/C8H7F4NO3/c1-15-7-4(3-9)13-6(2-5(7)14)16-8(10,11)12/h2H,3H2,1H3,(H,13,14). The molecular weight excluding hydrogens is 234 g/mol. The summed E-state index contributed by atoms with van der Waals surface area (Å²) in [4.78, 5) is 13.1. The Labute approximate surface area is 86.8 Å². The van der Waals surface area contributed by atoms with E-state index in [1.807, 2.05) is 4.98 Å². The van der Waals surface area contributed by atoms with Crippen molar-refractivity contribution in [1.82, 2.24) is 4.98 Å². The molecule has 1 heterocycles. The molecule has 0 amide bonds. The lowest BCUT2D eigenvalue weighted by Crippen LogP contribution is -2.20. The molecule has 16 heavy (non-hydrogen) atoms. The number of alkyl halides is 4. The summed E-state index contributed by atoms with van der Waals surface area (Å²) in [6.45, 7) is -1.17. The Morgan fingerprint density at radius 3 is 2.50 bits per heavy atom. The molecule has 0 bridgehead atoms. The highest BCUT2D eigenvalue weighted by Crippen LogP contribution is 2.22. The normalized spacial score (nSPS) is 11.3. The Bertz CT molecular complexity index is 426. The average Bonchev–Trinajstić information content (AvgIpc) is 2.14. The van der Waals surface area contributed by atoms with Crippen LogP contribution in [0.25, 0.3) is 0 Å². The Hall–Kier alpha value is -1.73. The van der Waals surface area contributed by atoms with E-state index in [0.717, 1.165) is 7.11 Å². The fourth-order valence-corrected chi connectivity index (χ4v) is 1.07. The highest BCUT2D eigenvalue weighted by Gasteiger charge is 2.32.